The average molecular weight is 1800 g/mol. The van der Waals surface area contributed by atoms with E-state index in [0.717, 1.165) is 88.6 Å². The zero-order valence-corrected chi connectivity index (χ0v) is 72.8. The van der Waals surface area contributed by atoms with Crippen LogP contribution in [-0.2, 0) is 117 Å². The van der Waals surface area contributed by atoms with Crippen LogP contribution in [0.2, 0.25) is 0 Å². The number of ketones is 2. The van der Waals surface area contributed by atoms with Gasteiger partial charge in [0.2, 0.25) is 59.1 Å². The fourth-order valence-corrected chi connectivity index (χ4v) is 19.1. The number of hydrogen-bond acceptors (Lipinski definition) is 26. The number of amides is 13. The monoisotopic (exact) mass is 1800 g/mol. The van der Waals surface area contributed by atoms with Crippen LogP contribution >= 0.6 is 27.0 Å². The van der Waals surface area contributed by atoms with Crippen LogP contribution in [0.5, 0.6) is 0 Å². The summed E-state index contributed by atoms with van der Waals surface area (Å²) >= 11 is 1.28. The first kappa shape index (κ1) is 97.1. The SMILES string of the molecule is CN(CC(=O)O)C(=O)CN(C)C(=O)CN(C)C(=O)CN(C)C(=O)CN(C)C(=O)CN(C)C(=O)CN(C)C(=O)CN(C)C(=O)CN(C)C(=O)CN(C)C(=O)c1cc(N2C(=O)C=CC2=O)ccc1CCC(=O)NCCOP(=O)(O)OP(=O)(O)OCC(=O)[C@@]12O[C@H](c3ccc(Cc4ccc(N)cc4)s3)O[C@@H]1C[C@H]1[C@@H]3C[C@H](F)C4=CC(=O)C=C[C@]4(C)[C@@]3(F)[C@@H](O)C[C@@]12C. The molecule has 3 heterocycles. The number of allylic oxidation sites excluding steroid dienone is 4. The van der Waals surface area contributed by atoms with Crippen molar-refractivity contribution in [2.45, 2.75) is 88.3 Å². The highest BCUT2D eigenvalue weighted by molar-refractivity contribution is 7.61. The summed E-state index contributed by atoms with van der Waals surface area (Å²) in [5, 5.41) is 23.5. The van der Waals surface area contributed by atoms with Gasteiger partial charge in [-0.3, -0.25) is 85.8 Å². The van der Waals surface area contributed by atoms with E-state index in [2.05, 4.69) is 9.63 Å². The first-order valence-corrected chi connectivity index (χ1v) is 42.7. The summed E-state index contributed by atoms with van der Waals surface area (Å²) in [5.41, 5.74) is -1.17. The Morgan fingerprint density at radius 1 is 0.621 bits per heavy atom. The highest BCUT2D eigenvalue weighted by Crippen LogP contribution is 2.73. The highest BCUT2D eigenvalue weighted by Gasteiger charge is 2.80. The molecule has 40 nitrogen and oxygen atoms in total. The molecular weight excluding hydrogens is 1690 g/mol. The van der Waals surface area contributed by atoms with Crippen molar-refractivity contribution in [3.63, 3.8) is 0 Å². The van der Waals surface area contributed by atoms with Gasteiger partial charge in [0.05, 0.1) is 88.3 Å². The molecule has 13 amide bonds. The van der Waals surface area contributed by atoms with Gasteiger partial charge in [0.25, 0.3) is 17.7 Å². The molecule has 12 atom stereocenters. The molecule has 3 saturated carbocycles. The van der Waals surface area contributed by atoms with Crippen molar-refractivity contribution in [3.05, 3.63) is 117 Å². The lowest BCUT2D eigenvalue weighted by Gasteiger charge is -2.63. The molecule has 0 bridgehead atoms. The number of aliphatic hydroxyl groups is 1. The van der Waals surface area contributed by atoms with Gasteiger partial charge in [-0.1, -0.05) is 31.2 Å². The second kappa shape index (κ2) is 39.2. The van der Waals surface area contributed by atoms with E-state index in [1.807, 2.05) is 18.2 Å². The molecule has 0 spiro atoms. The van der Waals surface area contributed by atoms with Gasteiger partial charge in [-0.25, -0.2) is 22.8 Å². The van der Waals surface area contributed by atoms with Crippen LogP contribution < -0.4 is 16.0 Å². The number of likely N-dealkylation sites (N-methyl/N-ethyl adjacent to an activating group) is 10. The number of aliphatic hydroxyl groups excluding tert-OH is 1. The van der Waals surface area contributed by atoms with E-state index in [4.69, 9.17) is 29.4 Å². The number of Topliss-reactive ketones (excluding diaryl/α,β-unsaturated/α-hetero) is 1. The van der Waals surface area contributed by atoms with Crippen LogP contribution in [0.3, 0.4) is 0 Å². The van der Waals surface area contributed by atoms with E-state index in [-0.39, 0.29) is 35.2 Å². The molecule has 1 saturated heterocycles. The molecule has 4 fully saturated rings. The molecule has 2 aromatic carbocycles. The minimum absolute atomic E-state index is 0.0721. The number of alkyl halides is 2. The van der Waals surface area contributed by atoms with E-state index in [1.54, 1.807) is 25.1 Å². The number of rotatable bonds is 38. The third-order valence-corrected chi connectivity index (χ3v) is 26.9. The van der Waals surface area contributed by atoms with Crippen molar-refractivity contribution in [3.8, 4) is 0 Å². The van der Waals surface area contributed by atoms with Crippen LogP contribution in [0.15, 0.2) is 90.6 Å². The summed E-state index contributed by atoms with van der Waals surface area (Å²) < 4.78 is 89.5. The number of nitrogens with two attached hydrogens (primary N) is 1. The molecular formula is C79H101F2N13O27P2S. The van der Waals surface area contributed by atoms with Gasteiger partial charge in [-0.15, -0.1) is 11.3 Å². The lowest BCUT2D eigenvalue weighted by atomic mass is 9.44. The minimum atomic E-state index is -5.81. The summed E-state index contributed by atoms with van der Waals surface area (Å²) in [5.74, 6) is -14.8. The number of aryl methyl sites for hydroxylation is 1. The number of carbonyl (C=O) groups excluding carboxylic acids is 15. The molecule has 6 aliphatic rings. The highest BCUT2D eigenvalue weighted by atomic mass is 32.1. The van der Waals surface area contributed by atoms with Crippen LogP contribution in [0.1, 0.15) is 77.1 Å². The first-order chi connectivity index (χ1) is 57.8. The first-order valence-electron chi connectivity index (χ1n) is 38.9. The van der Waals surface area contributed by atoms with Crippen molar-refractivity contribution in [1.82, 2.24) is 54.3 Å². The lowest BCUT2D eigenvalue weighted by Crippen LogP contribution is -2.70. The lowest BCUT2D eigenvalue weighted by molar-refractivity contribution is -0.234. The number of halogens is 2. The van der Waals surface area contributed by atoms with Gasteiger partial charge in [0.1, 0.15) is 19.3 Å². The number of thiophene rings is 1. The van der Waals surface area contributed by atoms with Crippen molar-refractivity contribution in [2.75, 3.05) is 166 Å². The zero-order chi connectivity index (χ0) is 92.0. The van der Waals surface area contributed by atoms with Crippen molar-refractivity contribution in [1.29, 1.82) is 0 Å². The molecule has 3 aromatic rings. The quantitative estimate of drug-likeness (QED) is 0.0194. The molecule has 0 radical (unpaired) electrons. The number of carboxylic acids is 1. The number of anilines is 2. The van der Waals surface area contributed by atoms with Crippen LogP contribution in [0.4, 0.5) is 20.2 Å². The van der Waals surface area contributed by atoms with E-state index >= 15 is 13.6 Å². The number of nitrogens with one attached hydrogen (secondary N) is 1. The Hall–Kier alpha value is -10.7. The van der Waals surface area contributed by atoms with Crippen LogP contribution in [-0.4, -0.2) is 349 Å². The van der Waals surface area contributed by atoms with E-state index in [0.29, 0.717) is 17.0 Å². The number of nitrogen functional groups attached to an aromatic ring is 1. The molecule has 2 unspecified atom stereocenters. The Balaban J connectivity index is 0.734. The third kappa shape index (κ3) is 21.8. The number of aliphatic carboxylic acids is 1. The maximum absolute atomic E-state index is 18.3. The van der Waals surface area contributed by atoms with E-state index < -0.39 is 273 Å². The van der Waals surface area contributed by atoms with Crippen LogP contribution in [0.25, 0.3) is 0 Å². The number of hydrogen-bond donors (Lipinski definition) is 6. The van der Waals surface area contributed by atoms with Gasteiger partial charge in [-0.05, 0) is 104 Å². The van der Waals surface area contributed by atoms with Gasteiger partial charge in [-0.2, -0.15) is 4.31 Å². The summed E-state index contributed by atoms with van der Waals surface area (Å²) in [4.78, 5) is 243. The van der Waals surface area contributed by atoms with Crippen molar-refractivity contribution < 1.29 is 137 Å². The second-order valence-corrected chi connectivity index (χ2v) is 36.3. The third-order valence-electron chi connectivity index (χ3n) is 23.2. The van der Waals surface area contributed by atoms with Crippen LogP contribution in [0, 0.1) is 22.7 Å². The molecule has 4 aliphatic carbocycles. The second-order valence-electron chi connectivity index (χ2n) is 32.0. The summed E-state index contributed by atoms with van der Waals surface area (Å²) in [6, 6.07) is 14.5. The Morgan fingerprint density at radius 2 is 1.09 bits per heavy atom. The normalized spacial score (nSPS) is 23.7. The van der Waals surface area contributed by atoms with Crippen molar-refractivity contribution in [2.24, 2.45) is 22.7 Å². The number of phosphoric ester groups is 2. The molecule has 7 N–H and O–H groups in total. The number of fused-ring (bicyclic) bond motifs is 7. The van der Waals surface area contributed by atoms with E-state index in [1.165, 1.54) is 113 Å². The zero-order valence-electron chi connectivity index (χ0n) is 70.2. The summed E-state index contributed by atoms with van der Waals surface area (Å²) in [6.07, 6.45) is -2.36. The molecule has 9 rings (SSSR count). The maximum Gasteiger partial charge on any atom is 0.481 e. The predicted molar refractivity (Wildman–Crippen MR) is 434 cm³/mol. The molecule has 45 heteroatoms. The Kier molecular flexibility index (Phi) is 30.7. The number of imide groups is 1. The Morgan fingerprint density at radius 3 is 1.57 bits per heavy atom. The summed E-state index contributed by atoms with van der Waals surface area (Å²) in [7, 11) is 1.09. The molecule has 124 heavy (non-hydrogen) atoms. The molecule has 2 aliphatic heterocycles. The topological polar surface area (TPSA) is 508 Å². The fourth-order valence-electron chi connectivity index (χ4n) is 16.1. The average Bonchev–Trinajstić information content (AvgIpc) is 1.47. The predicted octanol–water partition coefficient (Wildman–Crippen LogP) is 0.283. The Labute approximate surface area is 715 Å². The number of ether oxygens (including phenoxy) is 2. The number of phosphoric acid groups is 2. The van der Waals surface area contributed by atoms with Gasteiger partial charge in [0, 0.05) is 135 Å². The van der Waals surface area contributed by atoms with E-state index in [9.17, 15) is 95.9 Å². The van der Waals surface area contributed by atoms with Gasteiger partial charge < -0.3 is 89.5 Å². The number of nitrogens with zero attached hydrogens (tertiary/aromatic N) is 11. The van der Waals surface area contributed by atoms with Gasteiger partial charge >= 0.3 is 21.6 Å². The molecule has 1 aromatic heterocycles. The van der Waals surface area contributed by atoms with Gasteiger partial charge in [0.15, 0.2) is 29.1 Å². The standard InChI is InChI=1S/C79H101F2N13O27P2S/c1-76-26-25-50(95)31-55(76)56(80)32-54-53-33-60-79(77(53,2)34-58(96)78(54,76)81,120-75(119-60)57-21-20-51(124-57)29-46-13-17-48(82)18-14-46)59(97)45-118-123(115,116)121-122(113,114)117-28-27-83-61(98)22-16-47-15-19-49(94-62(99)23-24-63(94)100)30-52(47)74(112)93(12)43-72(109)91(10)41-70(107)89(8)39-68(105)87(6)37-66(103)85(4)35-64(101)84(3)36-65(102)86(5)38-67(104)88(7)40-69(106)90(9)42-71(108)92(11)44-73(110)111/h13-15,17-21,23-26,30-31,53-54,56,58,60,75,96H,16,22,27-29,32-45,82H2,1-12H3,(H,83,98)(H,110,111)(H,113,114)(H,115,116)/t53-,54-,56-,58-,60+,75+,76-,77-,78-,79+/m0/s1. The number of carboxylic acid groups (broad SMARTS) is 1. The number of benzene rings is 2. The molecule has 674 valence electrons. The summed E-state index contributed by atoms with van der Waals surface area (Å²) in [6.45, 7) is -5.54. The maximum atomic E-state index is 18.3. The fraction of sp³-hybridized carbons (Fsp3) is 0.519. The van der Waals surface area contributed by atoms with Crippen molar-refractivity contribution >= 4 is 133 Å². The largest absolute Gasteiger partial charge is 0.481 e. The Bertz CT molecular complexity index is 4940. The number of carbonyl (C=O) groups is 16. The minimum Gasteiger partial charge on any atom is -0.480 e. The smallest absolute Gasteiger partial charge is 0.480 e.